The molecule has 0 N–H and O–H groups in total. The summed E-state index contributed by atoms with van der Waals surface area (Å²) in [4.78, 5) is 35.0. The van der Waals surface area contributed by atoms with E-state index in [4.69, 9.17) is 9.72 Å². The molecule has 3 rings (SSSR count). The molecule has 1 saturated heterocycles. The second-order valence-electron chi connectivity index (χ2n) is 8.40. The predicted molar refractivity (Wildman–Crippen MR) is 124 cm³/mol. The third-order valence-corrected chi connectivity index (χ3v) is 5.99. The van der Waals surface area contributed by atoms with Crippen LogP contribution in [-0.4, -0.2) is 59.6 Å². The third-order valence-electron chi connectivity index (χ3n) is 5.11. The average Bonchev–Trinajstić information content (AvgIpc) is 3.03. The predicted octanol–water partition coefficient (Wildman–Crippen LogP) is 4.44. The van der Waals surface area contributed by atoms with E-state index in [2.05, 4.69) is 4.90 Å². The van der Waals surface area contributed by atoms with Crippen molar-refractivity contribution in [1.82, 2.24) is 14.8 Å². The van der Waals surface area contributed by atoms with Gasteiger partial charge in [-0.2, -0.15) is 0 Å². The number of benzene rings is 1. The zero-order chi connectivity index (χ0) is 22.4. The van der Waals surface area contributed by atoms with Crippen LogP contribution in [0.2, 0.25) is 0 Å². The maximum absolute atomic E-state index is 12.3. The highest BCUT2D eigenvalue weighted by Crippen LogP contribution is 2.29. The van der Waals surface area contributed by atoms with Gasteiger partial charge in [-0.25, -0.2) is 9.78 Å². The molecule has 0 atom stereocenters. The maximum Gasteiger partial charge on any atom is 0.409 e. The summed E-state index contributed by atoms with van der Waals surface area (Å²) in [6, 6.07) is 7.88. The number of aromatic nitrogens is 1. The Labute approximate surface area is 188 Å². The van der Waals surface area contributed by atoms with Crippen LogP contribution in [0, 0.1) is 12.8 Å². The number of amides is 2. The van der Waals surface area contributed by atoms with E-state index in [1.807, 2.05) is 50.4 Å². The van der Waals surface area contributed by atoms with E-state index in [1.165, 1.54) is 11.3 Å². The molecule has 8 heteroatoms. The number of carbonyl (C=O) groups is 2. The third kappa shape index (κ3) is 6.51. The summed E-state index contributed by atoms with van der Waals surface area (Å²) in [5.74, 6) is 0.274. The van der Waals surface area contributed by atoms with Gasteiger partial charge in [0.2, 0.25) is 5.91 Å². The molecule has 1 aliphatic heterocycles. The summed E-state index contributed by atoms with van der Waals surface area (Å²) >= 11 is 1.48. The van der Waals surface area contributed by atoms with E-state index in [9.17, 15) is 9.59 Å². The number of thiazole rings is 1. The molecule has 2 heterocycles. The minimum atomic E-state index is -0.221. The lowest BCUT2D eigenvalue weighted by molar-refractivity contribution is -0.115. The Balaban J connectivity index is 1.60. The van der Waals surface area contributed by atoms with Crippen molar-refractivity contribution < 1.29 is 14.3 Å². The molecule has 2 amide bonds. The molecule has 0 radical (unpaired) electrons. The fourth-order valence-corrected chi connectivity index (χ4v) is 4.34. The fourth-order valence-electron chi connectivity index (χ4n) is 3.46. The molecule has 7 nitrogen and oxygen atoms in total. The first-order valence-electron chi connectivity index (χ1n) is 10.8. The van der Waals surface area contributed by atoms with Gasteiger partial charge >= 0.3 is 6.09 Å². The number of nitrogens with zero attached hydrogens (tertiary/aromatic N) is 4. The molecule has 1 aromatic carbocycles. The molecule has 1 aromatic heterocycles. The number of rotatable bonds is 6. The molecular weight excluding hydrogens is 412 g/mol. The van der Waals surface area contributed by atoms with Crippen LogP contribution >= 0.6 is 11.3 Å². The largest absolute Gasteiger partial charge is 0.449 e. The van der Waals surface area contributed by atoms with Crippen molar-refractivity contribution in [3.05, 3.63) is 40.9 Å². The van der Waals surface area contributed by atoms with E-state index in [0.717, 1.165) is 36.5 Å². The summed E-state index contributed by atoms with van der Waals surface area (Å²) in [5, 5.41) is 2.69. The van der Waals surface area contributed by atoms with Crippen molar-refractivity contribution in [2.75, 3.05) is 37.7 Å². The van der Waals surface area contributed by atoms with Crippen molar-refractivity contribution in [3.8, 4) is 0 Å². The van der Waals surface area contributed by atoms with Crippen LogP contribution < -0.4 is 4.90 Å². The molecule has 2 aromatic rings. The Kier molecular flexibility index (Phi) is 8.03. The van der Waals surface area contributed by atoms with Gasteiger partial charge in [-0.15, -0.1) is 11.3 Å². The van der Waals surface area contributed by atoms with Gasteiger partial charge in [0.25, 0.3) is 0 Å². The number of aryl methyl sites for hydroxylation is 1. The Morgan fingerprint density at radius 1 is 1.16 bits per heavy atom. The Morgan fingerprint density at radius 2 is 1.90 bits per heavy atom. The quantitative estimate of drug-likeness (QED) is 0.659. The second-order valence-corrected chi connectivity index (χ2v) is 9.24. The second kappa shape index (κ2) is 10.7. The van der Waals surface area contributed by atoms with E-state index in [0.29, 0.717) is 37.3 Å². The van der Waals surface area contributed by atoms with Crippen molar-refractivity contribution in [2.24, 2.45) is 5.92 Å². The van der Waals surface area contributed by atoms with Crippen molar-refractivity contribution >= 4 is 34.2 Å². The lowest BCUT2D eigenvalue weighted by atomic mass is 10.2. The van der Waals surface area contributed by atoms with Crippen LogP contribution in [0.15, 0.2) is 29.6 Å². The molecule has 0 bridgehead atoms. The van der Waals surface area contributed by atoms with E-state index in [-0.39, 0.29) is 12.0 Å². The molecule has 168 valence electrons. The maximum atomic E-state index is 12.3. The Hall–Kier alpha value is -2.45. The number of carbonyl (C=O) groups excluding carboxylic acids is 2. The molecule has 31 heavy (non-hydrogen) atoms. The summed E-state index contributed by atoms with van der Waals surface area (Å²) in [6.07, 6.45) is 0.679. The number of hydrogen-bond donors (Lipinski definition) is 0. The highest BCUT2D eigenvalue weighted by molar-refractivity contribution is 7.14. The van der Waals surface area contributed by atoms with Crippen LogP contribution in [0.4, 0.5) is 15.6 Å². The van der Waals surface area contributed by atoms with Crippen LogP contribution in [0.25, 0.3) is 0 Å². The summed E-state index contributed by atoms with van der Waals surface area (Å²) in [7, 11) is 0. The molecule has 0 unspecified atom stereocenters. The summed E-state index contributed by atoms with van der Waals surface area (Å²) in [6.45, 7) is 11.8. The van der Waals surface area contributed by atoms with Crippen LogP contribution in [0.1, 0.15) is 38.4 Å². The lowest BCUT2D eigenvalue weighted by Crippen LogP contribution is -2.36. The van der Waals surface area contributed by atoms with E-state index < -0.39 is 0 Å². The number of ether oxygens (including phenoxy) is 1. The highest BCUT2D eigenvalue weighted by Gasteiger charge is 2.22. The first-order chi connectivity index (χ1) is 14.8. The van der Waals surface area contributed by atoms with Crippen LogP contribution in [0.3, 0.4) is 0 Å². The van der Waals surface area contributed by atoms with Gasteiger partial charge in [0, 0.05) is 45.0 Å². The van der Waals surface area contributed by atoms with Gasteiger partial charge in [0.15, 0.2) is 5.13 Å². The number of hydrogen-bond acceptors (Lipinski definition) is 6. The average molecular weight is 445 g/mol. The molecule has 0 spiro atoms. The topological polar surface area (TPSA) is 66.0 Å². The smallest absolute Gasteiger partial charge is 0.409 e. The molecule has 0 saturated carbocycles. The lowest BCUT2D eigenvalue weighted by Gasteiger charge is -2.21. The van der Waals surface area contributed by atoms with Crippen molar-refractivity contribution in [2.45, 2.75) is 40.7 Å². The zero-order valence-corrected chi connectivity index (χ0v) is 19.7. The SMILES string of the molecule is CC(=O)N(c1ccc(C)cc1)c1nc(CN2CCCN(C(=O)OCC(C)C)CC2)cs1. The number of anilines is 2. The molecule has 1 fully saturated rings. The molecular formula is C23H32N4O3S. The van der Waals surface area contributed by atoms with Gasteiger partial charge in [-0.05, 0) is 31.4 Å². The summed E-state index contributed by atoms with van der Waals surface area (Å²) in [5.41, 5.74) is 2.91. The first-order valence-corrected chi connectivity index (χ1v) is 11.7. The minimum absolute atomic E-state index is 0.0601. The first kappa shape index (κ1) is 23.2. The molecule has 1 aliphatic rings. The van der Waals surface area contributed by atoms with E-state index >= 15 is 0 Å². The van der Waals surface area contributed by atoms with Gasteiger partial charge in [-0.3, -0.25) is 14.6 Å². The van der Waals surface area contributed by atoms with Crippen LogP contribution in [0.5, 0.6) is 0 Å². The highest BCUT2D eigenvalue weighted by atomic mass is 32.1. The minimum Gasteiger partial charge on any atom is -0.449 e. The van der Waals surface area contributed by atoms with Gasteiger partial charge in [0.05, 0.1) is 18.0 Å². The zero-order valence-electron chi connectivity index (χ0n) is 18.8. The van der Waals surface area contributed by atoms with Crippen LogP contribution in [-0.2, 0) is 16.1 Å². The van der Waals surface area contributed by atoms with Gasteiger partial charge < -0.3 is 9.64 Å². The summed E-state index contributed by atoms with van der Waals surface area (Å²) < 4.78 is 5.37. The normalized spacial score (nSPS) is 15.1. The van der Waals surface area contributed by atoms with Gasteiger partial charge in [0.1, 0.15) is 0 Å². The van der Waals surface area contributed by atoms with Crippen molar-refractivity contribution in [1.29, 1.82) is 0 Å². The Bertz CT molecular complexity index is 881. The van der Waals surface area contributed by atoms with Crippen molar-refractivity contribution in [3.63, 3.8) is 0 Å². The molecule has 0 aliphatic carbocycles. The van der Waals surface area contributed by atoms with Gasteiger partial charge in [-0.1, -0.05) is 31.5 Å². The monoisotopic (exact) mass is 444 g/mol. The fraction of sp³-hybridized carbons (Fsp3) is 0.522. The Morgan fingerprint density at radius 3 is 2.58 bits per heavy atom. The standard InChI is InChI=1S/C23H32N4O3S/c1-17(2)15-30-23(29)26-11-5-10-25(12-13-26)14-20-16-31-22(24-20)27(19(4)28)21-8-6-18(3)7-9-21/h6-9,16-17H,5,10-15H2,1-4H3. The van der Waals surface area contributed by atoms with E-state index in [1.54, 1.807) is 16.7 Å².